The molecule has 3 nitrogen and oxygen atoms in total. The maximum Gasteiger partial charge on any atom is 0.148 e. The summed E-state index contributed by atoms with van der Waals surface area (Å²) in [6.07, 6.45) is 0.851. The van der Waals surface area contributed by atoms with Gasteiger partial charge in [-0.15, -0.1) is 0 Å². The molecule has 1 aromatic heterocycles. The van der Waals surface area contributed by atoms with Gasteiger partial charge < -0.3 is 4.90 Å². The lowest BCUT2D eigenvalue weighted by atomic mass is 9.97. The minimum Gasteiger partial charge on any atom is -0.331 e. The molecule has 1 N–H and O–H groups in total. The molecule has 0 bridgehead atoms. The molecule has 16 heavy (non-hydrogen) atoms. The van der Waals surface area contributed by atoms with Gasteiger partial charge in [-0.2, -0.15) is 5.26 Å². The number of nitriles is 1. The summed E-state index contributed by atoms with van der Waals surface area (Å²) in [5, 5.41) is 9.74. The summed E-state index contributed by atoms with van der Waals surface area (Å²) >= 11 is 12.0. The fraction of sp³-hybridized carbons (Fsp3) is 0.455. The van der Waals surface area contributed by atoms with Crippen LogP contribution in [0.2, 0.25) is 10.3 Å². The monoisotopic (exact) mass is 256 g/mol. The third kappa shape index (κ3) is 1.89. The molecule has 2 rings (SSSR count). The van der Waals surface area contributed by atoms with E-state index in [0.29, 0.717) is 10.7 Å². The Labute approximate surface area is 105 Å². The van der Waals surface area contributed by atoms with Crippen LogP contribution < -0.4 is 4.90 Å². The van der Waals surface area contributed by atoms with Crippen LogP contribution in [0.3, 0.4) is 0 Å². The number of nitrogens with one attached hydrogen (secondary N) is 1. The van der Waals surface area contributed by atoms with Crippen LogP contribution in [0, 0.1) is 11.3 Å². The molecule has 0 aliphatic carbocycles. The van der Waals surface area contributed by atoms with E-state index in [1.54, 1.807) is 0 Å². The molecule has 0 radical (unpaired) electrons. The van der Waals surface area contributed by atoms with Crippen molar-refractivity contribution in [1.29, 1.82) is 5.26 Å². The number of hydrogen-bond acceptors (Lipinski definition) is 2. The van der Waals surface area contributed by atoms with Gasteiger partial charge in [-0.25, -0.2) is 4.98 Å². The summed E-state index contributed by atoms with van der Waals surface area (Å²) < 4.78 is 0. The Morgan fingerprint density at radius 2 is 2.12 bits per heavy atom. The predicted octanol–water partition coefficient (Wildman–Crippen LogP) is 1.22. The Morgan fingerprint density at radius 1 is 1.38 bits per heavy atom. The highest BCUT2D eigenvalue weighted by molar-refractivity contribution is 6.33. The lowest BCUT2D eigenvalue weighted by Crippen LogP contribution is -3.11. The van der Waals surface area contributed by atoms with E-state index < -0.39 is 0 Å². The highest BCUT2D eigenvalue weighted by Crippen LogP contribution is 2.27. The molecule has 0 amide bonds. The zero-order valence-corrected chi connectivity index (χ0v) is 10.5. The maximum absolute atomic E-state index is 9.06. The van der Waals surface area contributed by atoms with Gasteiger partial charge in [-0.05, 0) is 12.5 Å². The van der Waals surface area contributed by atoms with Crippen molar-refractivity contribution in [1.82, 2.24) is 4.98 Å². The van der Waals surface area contributed by atoms with Crippen LogP contribution in [0.4, 0.5) is 0 Å². The summed E-state index contributed by atoms with van der Waals surface area (Å²) in [4.78, 5) is 5.48. The van der Waals surface area contributed by atoms with Crippen LogP contribution in [0.5, 0.6) is 0 Å². The highest BCUT2D eigenvalue weighted by Gasteiger charge is 2.25. The largest absolute Gasteiger partial charge is 0.331 e. The second-order valence-electron chi connectivity index (χ2n) is 3.92. The molecule has 84 valence electrons. The van der Waals surface area contributed by atoms with Gasteiger partial charge in [0.05, 0.1) is 18.7 Å². The average Bonchev–Trinajstić information content (AvgIpc) is 2.29. The second-order valence-corrected chi connectivity index (χ2v) is 4.63. The number of likely N-dealkylation sites (N-methyl/N-ethyl adjacent to an activating group) is 1. The van der Waals surface area contributed by atoms with Gasteiger partial charge in [0.1, 0.15) is 22.9 Å². The van der Waals surface area contributed by atoms with Crippen molar-refractivity contribution >= 4 is 23.2 Å². The molecule has 0 aromatic carbocycles. The van der Waals surface area contributed by atoms with Crippen molar-refractivity contribution in [3.8, 4) is 6.07 Å². The smallest absolute Gasteiger partial charge is 0.148 e. The van der Waals surface area contributed by atoms with E-state index in [1.165, 1.54) is 4.90 Å². The van der Waals surface area contributed by atoms with Crippen molar-refractivity contribution in [3.05, 3.63) is 27.0 Å². The van der Waals surface area contributed by atoms with Crippen LogP contribution in [-0.2, 0) is 13.0 Å². The first kappa shape index (κ1) is 11.7. The normalized spacial score (nSPS) is 19.0. The lowest BCUT2D eigenvalue weighted by molar-refractivity contribution is -0.914. The fourth-order valence-electron chi connectivity index (χ4n) is 2.12. The molecule has 0 fully saturated rings. The summed E-state index contributed by atoms with van der Waals surface area (Å²) in [6.45, 7) is 5.06. The minimum absolute atomic E-state index is 0.228. The zero-order valence-electron chi connectivity index (χ0n) is 8.98. The van der Waals surface area contributed by atoms with Crippen molar-refractivity contribution in [2.45, 2.75) is 19.9 Å². The van der Waals surface area contributed by atoms with Crippen LogP contribution in [0.25, 0.3) is 0 Å². The molecule has 1 unspecified atom stereocenters. The number of pyridine rings is 1. The fourth-order valence-corrected chi connectivity index (χ4v) is 2.67. The Balaban J connectivity index is 2.54. The molecule has 1 aromatic rings. The number of nitrogens with zero attached hydrogens (tertiary/aromatic N) is 2. The Hall–Kier alpha value is -0.820. The molecule has 1 aliphatic heterocycles. The molecule has 1 aliphatic rings. The number of quaternary nitrogens is 1. The van der Waals surface area contributed by atoms with Crippen molar-refractivity contribution < 1.29 is 4.90 Å². The standard InChI is InChI=1S/C11H11Cl2N3/c1-2-16-4-3-7-8(5-14)10(12)15-11(13)9(7)6-16/h2-4,6H2,1H3/p+1. The second kappa shape index (κ2) is 4.58. The SMILES string of the molecule is CC[NH+]1CCc2c(C#N)c(Cl)nc(Cl)c2C1. The van der Waals surface area contributed by atoms with E-state index in [2.05, 4.69) is 18.0 Å². The van der Waals surface area contributed by atoms with Crippen molar-refractivity contribution in [2.24, 2.45) is 0 Å². The Kier molecular flexibility index (Phi) is 3.34. The van der Waals surface area contributed by atoms with Gasteiger partial charge in [-0.3, -0.25) is 0 Å². The van der Waals surface area contributed by atoms with Crippen molar-refractivity contribution in [3.63, 3.8) is 0 Å². The Bertz CT molecular complexity index is 465. The third-order valence-corrected chi connectivity index (χ3v) is 3.67. The van der Waals surface area contributed by atoms with Crippen LogP contribution in [0.15, 0.2) is 0 Å². The van der Waals surface area contributed by atoms with Crippen LogP contribution in [-0.4, -0.2) is 18.1 Å². The van der Waals surface area contributed by atoms with E-state index in [-0.39, 0.29) is 5.15 Å². The maximum atomic E-state index is 9.06. The average molecular weight is 257 g/mol. The number of hydrogen-bond donors (Lipinski definition) is 1. The molecule has 0 spiro atoms. The Morgan fingerprint density at radius 3 is 2.75 bits per heavy atom. The first-order chi connectivity index (χ1) is 7.67. The summed E-state index contributed by atoms with van der Waals surface area (Å²) in [7, 11) is 0. The van der Waals surface area contributed by atoms with Gasteiger partial charge in [0, 0.05) is 12.0 Å². The van der Waals surface area contributed by atoms with E-state index in [1.807, 2.05) is 0 Å². The summed E-state index contributed by atoms with van der Waals surface area (Å²) in [5.74, 6) is 0. The highest BCUT2D eigenvalue weighted by atomic mass is 35.5. The number of aromatic nitrogens is 1. The van der Waals surface area contributed by atoms with Gasteiger partial charge in [-0.1, -0.05) is 23.2 Å². The van der Waals surface area contributed by atoms with E-state index in [4.69, 9.17) is 28.5 Å². The van der Waals surface area contributed by atoms with Gasteiger partial charge in [0.2, 0.25) is 0 Å². The molecule has 0 saturated heterocycles. The number of fused-ring (bicyclic) bond motifs is 1. The first-order valence-electron chi connectivity index (χ1n) is 5.27. The summed E-state index contributed by atoms with van der Waals surface area (Å²) in [6, 6.07) is 2.12. The summed E-state index contributed by atoms with van der Waals surface area (Å²) in [5.41, 5.74) is 2.48. The molecule has 2 heterocycles. The van der Waals surface area contributed by atoms with Crippen molar-refractivity contribution in [2.75, 3.05) is 13.1 Å². The molecular weight excluding hydrogens is 245 g/mol. The van der Waals surface area contributed by atoms with E-state index in [0.717, 1.165) is 37.2 Å². The first-order valence-corrected chi connectivity index (χ1v) is 6.03. The number of halogens is 2. The minimum atomic E-state index is 0.228. The van der Waals surface area contributed by atoms with E-state index in [9.17, 15) is 0 Å². The van der Waals surface area contributed by atoms with E-state index >= 15 is 0 Å². The lowest BCUT2D eigenvalue weighted by Gasteiger charge is -2.25. The van der Waals surface area contributed by atoms with Gasteiger partial charge >= 0.3 is 0 Å². The predicted molar refractivity (Wildman–Crippen MR) is 62.8 cm³/mol. The molecule has 5 heteroatoms. The molecule has 1 atom stereocenters. The molecule has 0 saturated carbocycles. The quantitative estimate of drug-likeness (QED) is 0.768. The van der Waals surface area contributed by atoms with Crippen LogP contribution in [0.1, 0.15) is 23.6 Å². The number of rotatable bonds is 1. The van der Waals surface area contributed by atoms with Crippen LogP contribution >= 0.6 is 23.2 Å². The molecular formula is C11H12Cl2N3+. The van der Waals surface area contributed by atoms with Gasteiger partial charge in [0.25, 0.3) is 0 Å². The zero-order chi connectivity index (χ0) is 11.7. The van der Waals surface area contributed by atoms with Gasteiger partial charge in [0.15, 0.2) is 0 Å². The third-order valence-electron chi connectivity index (χ3n) is 3.08. The topological polar surface area (TPSA) is 41.1 Å².